The minimum absolute atomic E-state index is 0.259. The molecule has 2 unspecified atom stereocenters. The molecule has 0 spiro atoms. The maximum Gasteiger partial charge on any atom is 0.433 e. The first kappa shape index (κ1) is 16.0. The fraction of sp³-hybridized carbons (Fsp3) is 0.625. The molecule has 26 heavy (non-hydrogen) atoms. The molecule has 5 heterocycles. The van der Waals surface area contributed by atoms with Crippen LogP contribution in [0.15, 0.2) is 16.8 Å². The van der Waals surface area contributed by atoms with Crippen LogP contribution in [0.5, 0.6) is 0 Å². The largest absolute Gasteiger partial charge is 0.433 e. The number of aromatic nitrogens is 4. The maximum atomic E-state index is 12.8. The van der Waals surface area contributed by atoms with Crippen molar-refractivity contribution in [1.29, 1.82) is 0 Å². The van der Waals surface area contributed by atoms with Gasteiger partial charge in [0.2, 0.25) is 11.8 Å². The molecule has 138 valence electrons. The van der Waals surface area contributed by atoms with Crippen molar-refractivity contribution in [2.24, 2.45) is 0 Å². The molecule has 3 saturated heterocycles. The number of halogens is 3. The molecular weight excluding hydrogens is 349 g/mol. The van der Waals surface area contributed by atoms with Gasteiger partial charge in [-0.15, -0.1) is 10.2 Å². The minimum Gasteiger partial charge on any atom is -0.424 e. The van der Waals surface area contributed by atoms with Gasteiger partial charge in [-0.25, -0.2) is 9.97 Å². The third-order valence-electron chi connectivity index (χ3n) is 5.34. The molecule has 0 N–H and O–H groups in total. The Morgan fingerprint density at radius 1 is 1.12 bits per heavy atom. The van der Waals surface area contributed by atoms with Crippen LogP contribution < -0.4 is 4.90 Å². The van der Waals surface area contributed by atoms with Crippen molar-refractivity contribution >= 4 is 5.82 Å². The van der Waals surface area contributed by atoms with Crippen LogP contribution in [0.3, 0.4) is 0 Å². The molecule has 2 atom stereocenters. The number of nitrogens with zero attached hydrogens (tertiary/aromatic N) is 6. The second kappa shape index (κ2) is 5.63. The number of hydrogen-bond acceptors (Lipinski definition) is 7. The molecule has 0 amide bonds. The Morgan fingerprint density at radius 3 is 2.58 bits per heavy atom. The topological polar surface area (TPSA) is 71.2 Å². The number of alkyl halides is 3. The lowest BCUT2D eigenvalue weighted by Crippen LogP contribution is -2.68. The van der Waals surface area contributed by atoms with Gasteiger partial charge in [0.25, 0.3) is 0 Å². The van der Waals surface area contributed by atoms with E-state index in [4.69, 9.17) is 4.42 Å². The van der Waals surface area contributed by atoms with E-state index in [9.17, 15) is 13.2 Å². The molecule has 3 aliphatic heterocycles. The average Bonchev–Trinajstić information content (AvgIpc) is 3.38. The summed E-state index contributed by atoms with van der Waals surface area (Å²) >= 11 is 0. The van der Waals surface area contributed by atoms with E-state index in [2.05, 4.69) is 25.1 Å². The van der Waals surface area contributed by atoms with Gasteiger partial charge >= 0.3 is 6.18 Å². The molecule has 1 saturated carbocycles. The Kier molecular flexibility index (Phi) is 3.46. The fourth-order valence-electron chi connectivity index (χ4n) is 3.79. The van der Waals surface area contributed by atoms with Crippen LogP contribution in [-0.2, 0) is 12.7 Å². The normalized spacial score (nSPS) is 26.0. The molecule has 2 bridgehead atoms. The zero-order valence-corrected chi connectivity index (χ0v) is 13.9. The van der Waals surface area contributed by atoms with Gasteiger partial charge < -0.3 is 9.32 Å². The molecule has 2 aromatic rings. The summed E-state index contributed by atoms with van der Waals surface area (Å²) in [5, 5.41) is 8.23. The highest BCUT2D eigenvalue weighted by Crippen LogP contribution is 2.40. The van der Waals surface area contributed by atoms with Crippen molar-refractivity contribution in [3.8, 4) is 0 Å². The molecule has 1 aliphatic carbocycles. The first-order chi connectivity index (χ1) is 12.5. The third kappa shape index (κ3) is 2.81. The minimum atomic E-state index is -4.46. The Morgan fingerprint density at radius 2 is 1.88 bits per heavy atom. The highest BCUT2D eigenvalue weighted by molar-refractivity contribution is 5.42. The van der Waals surface area contributed by atoms with Gasteiger partial charge in [0.05, 0.1) is 6.54 Å². The molecule has 6 rings (SSSR count). The maximum absolute atomic E-state index is 12.8. The first-order valence-electron chi connectivity index (χ1n) is 8.69. The summed E-state index contributed by atoms with van der Waals surface area (Å²) in [4.78, 5) is 11.5. The average molecular weight is 366 g/mol. The lowest BCUT2D eigenvalue weighted by Gasteiger charge is -2.56. The lowest BCUT2D eigenvalue weighted by molar-refractivity contribution is -0.141. The molecular formula is C16H17F3N6O. The molecule has 7 nitrogen and oxygen atoms in total. The summed E-state index contributed by atoms with van der Waals surface area (Å²) in [6.45, 7) is 1.86. The smallest absolute Gasteiger partial charge is 0.424 e. The molecule has 0 aromatic carbocycles. The van der Waals surface area contributed by atoms with Gasteiger partial charge in [-0.3, -0.25) is 4.90 Å². The SMILES string of the molecule is FC(F)(F)c1cc(N2CC3CC(C2)N3Cc2nnc(C3CC3)o2)ncn1. The Hall–Kier alpha value is -2.23. The van der Waals surface area contributed by atoms with Gasteiger partial charge in [-0.2, -0.15) is 13.2 Å². The van der Waals surface area contributed by atoms with E-state index in [1.165, 1.54) is 0 Å². The van der Waals surface area contributed by atoms with Crippen LogP contribution in [0.2, 0.25) is 0 Å². The van der Waals surface area contributed by atoms with Crippen molar-refractivity contribution < 1.29 is 17.6 Å². The van der Waals surface area contributed by atoms with E-state index in [-0.39, 0.29) is 12.1 Å². The second-order valence-corrected chi connectivity index (χ2v) is 7.19. The number of fused-ring (bicyclic) bond motifs is 2. The van der Waals surface area contributed by atoms with E-state index in [1.54, 1.807) is 0 Å². The predicted molar refractivity (Wildman–Crippen MR) is 83.3 cm³/mol. The Labute approximate surface area is 147 Å². The van der Waals surface area contributed by atoms with Crippen molar-refractivity contribution in [3.63, 3.8) is 0 Å². The molecule has 4 aliphatic rings. The van der Waals surface area contributed by atoms with E-state index in [0.717, 1.165) is 37.5 Å². The number of piperidine rings is 1. The molecule has 2 aromatic heterocycles. The number of hydrogen-bond donors (Lipinski definition) is 0. The predicted octanol–water partition coefficient (Wildman–Crippen LogP) is 2.22. The van der Waals surface area contributed by atoms with E-state index < -0.39 is 11.9 Å². The highest BCUT2D eigenvalue weighted by atomic mass is 19.4. The van der Waals surface area contributed by atoms with Crippen molar-refractivity contribution in [2.45, 2.75) is 50.0 Å². The molecule has 4 fully saturated rings. The summed E-state index contributed by atoms with van der Waals surface area (Å²) in [5.74, 6) is 2.11. The van der Waals surface area contributed by atoms with Crippen LogP contribution in [0.25, 0.3) is 0 Å². The van der Waals surface area contributed by atoms with Gasteiger partial charge in [-0.05, 0) is 19.3 Å². The van der Waals surface area contributed by atoms with Crippen LogP contribution >= 0.6 is 0 Å². The van der Waals surface area contributed by atoms with Crippen LogP contribution in [0.1, 0.15) is 42.7 Å². The van der Waals surface area contributed by atoms with E-state index in [0.29, 0.717) is 37.3 Å². The van der Waals surface area contributed by atoms with Gasteiger partial charge in [-0.1, -0.05) is 0 Å². The zero-order chi connectivity index (χ0) is 17.9. The number of rotatable bonds is 4. The van der Waals surface area contributed by atoms with Crippen molar-refractivity contribution in [2.75, 3.05) is 18.0 Å². The van der Waals surface area contributed by atoms with Crippen LogP contribution in [-0.4, -0.2) is 50.2 Å². The fourth-order valence-corrected chi connectivity index (χ4v) is 3.79. The van der Waals surface area contributed by atoms with Crippen molar-refractivity contribution in [3.05, 3.63) is 29.9 Å². The summed E-state index contributed by atoms with van der Waals surface area (Å²) < 4.78 is 44.3. The molecule has 0 radical (unpaired) electrons. The first-order valence-corrected chi connectivity index (χ1v) is 8.69. The van der Waals surface area contributed by atoms with E-state index >= 15 is 0 Å². The van der Waals surface area contributed by atoms with Crippen molar-refractivity contribution in [1.82, 2.24) is 25.1 Å². The standard InChI is InChI=1S/C16H17F3N6O/c17-16(18,19)12-4-13(21-8-20-12)24-5-10-3-11(6-24)25(10)7-14-22-23-15(26-14)9-1-2-9/h4,8-11H,1-3,5-7H2. The highest BCUT2D eigenvalue weighted by Gasteiger charge is 2.46. The van der Waals surface area contributed by atoms with Gasteiger partial charge in [0, 0.05) is 37.2 Å². The monoisotopic (exact) mass is 366 g/mol. The van der Waals surface area contributed by atoms with Crippen LogP contribution in [0.4, 0.5) is 19.0 Å². The van der Waals surface area contributed by atoms with Crippen LogP contribution in [0, 0.1) is 0 Å². The Bertz CT molecular complexity index is 808. The summed E-state index contributed by atoms with van der Waals surface area (Å²) in [6.07, 6.45) is -0.222. The summed E-state index contributed by atoms with van der Waals surface area (Å²) in [7, 11) is 0. The Balaban J connectivity index is 1.25. The number of piperazine rings is 1. The summed E-state index contributed by atoms with van der Waals surface area (Å²) in [5.41, 5.74) is -0.905. The lowest BCUT2D eigenvalue weighted by atomic mass is 9.87. The van der Waals surface area contributed by atoms with Gasteiger partial charge in [0.1, 0.15) is 17.8 Å². The number of anilines is 1. The quantitative estimate of drug-likeness (QED) is 0.822. The second-order valence-electron chi connectivity index (χ2n) is 7.19. The van der Waals surface area contributed by atoms with Gasteiger partial charge in [0.15, 0.2) is 0 Å². The molecule has 10 heteroatoms. The zero-order valence-electron chi connectivity index (χ0n) is 13.9. The van der Waals surface area contributed by atoms with E-state index in [1.807, 2.05) is 4.90 Å². The third-order valence-corrected chi connectivity index (χ3v) is 5.34. The summed E-state index contributed by atoms with van der Waals surface area (Å²) in [6, 6.07) is 1.54.